The van der Waals surface area contributed by atoms with Crippen LogP contribution in [0.15, 0.2) is 54.7 Å². The summed E-state index contributed by atoms with van der Waals surface area (Å²) in [5.41, 5.74) is 11.0. The van der Waals surface area contributed by atoms with Crippen LogP contribution in [0.1, 0.15) is 88.5 Å². The Balaban J connectivity index is 0.000000528. The van der Waals surface area contributed by atoms with E-state index in [1.807, 2.05) is 0 Å². The van der Waals surface area contributed by atoms with Gasteiger partial charge in [-0.2, -0.15) is 0 Å². The average molecular weight is 717 g/mol. The van der Waals surface area contributed by atoms with Gasteiger partial charge in [0.1, 0.15) is 7.05 Å². The van der Waals surface area contributed by atoms with Gasteiger partial charge in [0, 0.05) is 17.7 Å². The van der Waals surface area contributed by atoms with Crippen molar-refractivity contribution in [2.24, 2.45) is 36.6 Å². The van der Waals surface area contributed by atoms with Crippen molar-refractivity contribution in [2.75, 3.05) is 0 Å². The van der Waals surface area contributed by atoms with E-state index in [2.05, 4.69) is 122 Å². The largest absolute Gasteiger partial charge is 2.00 e. The summed E-state index contributed by atoms with van der Waals surface area (Å²) in [6.45, 7) is 18.7. The summed E-state index contributed by atoms with van der Waals surface area (Å²) in [7, 11) is 2.13. The molecule has 2 aliphatic carbocycles. The summed E-state index contributed by atoms with van der Waals surface area (Å²) in [5.74, 6) is 5.45. The average Bonchev–Trinajstić information content (AvgIpc) is 3.47. The third-order valence-electron chi connectivity index (χ3n) is 10.4. The van der Waals surface area contributed by atoms with Crippen molar-refractivity contribution in [3.63, 3.8) is 0 Å². The maximum absolute atomic E-state index is 2.44. The Kier molecular flexibility index (Phi) is 14.0. The van der Waals surface area contributed by atoms with Crippen LogP contribution in [-0.2, 0) is 26.8 Å². The summed E-state index contributed by atoms with van der Waals surface area (Å²) in [6, 6.07) is 18.1. The molecule has 1 heterocycles. The zero-order valence-corrected chi connectivity index (χ0v) is 29.8. The molecule has 0 unspecified atom stereocenters. The molecule has 3 aromatic rings. The first-order valence-electron chi connectivity index (χ1n) is 14.8. The molecule has 2 saturated carbocycles. The molecule has 2 aliphatic rings. The number of aromatic nitrogens is 1. The topological polar surface area (TPSA) is 3.88 Å². The monoisotopic (exact) mass is 718 g/mol. The Morgan fingerprint density at radius 3 is 1.60 bits per heavy atom. The van der Waals surface area contributed by atoms with Gasteiger partial charge < -0.3 is 14.9 Å². The molecule has 1 aromatic heterocycles. The second-order valence-corrected chi connectivity index (χ2v) is 12.5. The van der Waals surface area contributed by atoms with E-state index in [1.165, 1.54) is 64.8 Å². The second-order valence-electron chi connectivity index (χ2n) is 12.5. The van der Waals surface area contributed by atoms with Crippen LogP contribution in [0.4, 0.5) is 0 Å². The van der Waals surface area contributed by atoms with Crippen LogP contribution >= 0.6 is 0 Å². The van der Waals surface area contributed by atoms with E-state index in [4.69, 9.17) is 0 Å². The zero-order valence-electron chi connectivity index (χ0n) is 27.3. The molecule has 220 valence electrons. The van der Waals surface area contributed by atoms with Crippen LogP contribution in [0.3, 0.4) is 0 Å². The van der Waals surface area contributed by atoms with Crippen molar-refractivity contribution in [3.05, 3.63) is 91.8 Å². The second kappa shape index (κ2) is 15.5. The molecular weight excluding hydrogens is 661 g/mol. The fraction of sp³-hybridized carbons (Fsp3) is 0.500. The van der Waals surface area contributed by atoms with Gasteiger partial charge in [-0.25, -0.2) is 4.57 Å². The summed E-state index contributed by atoms with van der Waals surface area (Å²) in [6.07, 6.45) is 7.69. The van der Waals surface area contributed by atoms with Crippen LogP contribution in [0.2, 0.25) is 0 Å². The molecule has 40 heavy (non-hydrogen) atoms. The molecular formula is C38H56NOs+. The van der Waals surface area contributed by atoms with Crippen molar-refractivity contribution < 1.29 is 24.4 Å². The predicted molar refractivity (Wildman–Crippen MR) is 173 cm³/mol. The number of hydrogen-bond donors (Lipinski definition) is 0. The van der Waals surface area contributed by atoms with Crippen LogP contribution in [0.5, 0.6) is 0 Å². The number of pyridine rings is 1. The fourth-order valence-electron chi connectivity index (χ4n) is 7.19. The zero-order chi connectivity index (χ0) is 26.9. The Morgan fingerprint density at radius 2 is 1.12 bits per heavy atom. The maximum atomic E-state index is 2.44. The van der Waals surface area contributed by atoms with Crippen LogP contribution < -0.4 is 4.57 Å². The van der Waals surface area contributed by atoms with Gasteiger partial charge in [-0.15, -0.1) is 0 Å². The number of rotatable bonds is 3. The molecule has 0 amide bonds. The SMILES string of the molecule is CC1C(C)C(C)C(C)C1C.Cc1ccccc1-c1cc(-c2c(C)cc(C3CCCC3)cc2C)cc[n+]1C.[CH3-].[CH3-].[Os+2]. The third kappa shape index (κ3) is 7.54. The maximum Gasteiger partial charge on any atom is 2.00 e. The van der Waals surface area contributed by atoms with E-state index in [1.54, 1.807) is 5.56 Å². The van der Waals surface area contributed by atoms with Crippen molar-refractivity contribution in [2.45, 2.75) is 87.0 Å². The molecule has 0 N–H and O–H groups in total. The first-order chi connectivity index (χ1) is 17.6. The molecule has 0 radical (unpaired) electrons. The van der Waals surface area contributed by atoms with Crippen LogP contribution in [0.25, 0.3) is 22.4 Å². The Bertz CT molecular complexity index is 1150. The van der Waals surface area contributed by atoms with Crippen molar-refractivity contribution >= 4 is 0 Å². The minimum atomic E-state index is 0. The number of benzene rings is 2. The predicted octanol–water partition coefficient (Wildman–Crippen LogP) is 10.5. The van der Waals surface area contributed by atoms with Gasteiger partial charge in [0.2, 0.25) is 5.69 Å². The standard InChI is InChI=1S/C26H30N.C10H20.2CH3.Os/c1-18-9-5-8-12-24(18)25-17-22(13-14-27(25)4)26-19(2)15-23(16-20(26)3)21-10-6-7-11-21;1-6-7(2)9(4)10(5)8(6)3;;;/h5,8-9,12-17,21H,6-7,10-11H2,1-4H3;6-10H,1-5H3;2*1H3;/q+1;;2*-1;+2. The summed E-state index contributed by atoms with van der Waals surface area (Å²) in [4.78, 5) is 0. The summed E-state index contributed by atoms with van der Waals surface area (Å²) in [5, 5.41) is 0. The molecule has 2 aromatic carbocycles. The van der Waals surface area contributed by atoms with E-state index in [-0.39, 0.29) is 34.6 Å². The molecule has 5 rings (SSSR count). The smallest absolute Gasteiger partial charge is 0.358 e. The third-order valence-corrected chi connectivity index (χ3v) is 10.4. The molecule has 2 heteroatoms. The number of nitrogens with zero attached hydrogens (tertiary/aromatic N) is 1. The Morgan fingerprint density at radius 1 is 0.650 bits per heavy atom. The molecule has 2 fully saturated rings. The fourth-order valence-corrected chi connectivity index (χ4v) is 7.19. The molecule has 0 saturated heterocycles. The Labute approximate surface area is 261 Å². The van der Waals surface area contributed by atoms with Gasteiger partial charge in [0.05, 0.1) is 0 Å². The van der Waals surface area contributed by atoms with E-state index in [9.17, 15) is 0 Å². The quantitative estimate of drug-likeness (QED) is 0.188. The van der Waals surface area contributed by atoms with Gasteiger partial charge in [-0.1, -0.05) is 77.8 Å². The van der Waals surface area contributed by atoms with E-state index < -0.39 is 0 Å². The van der Waals surface area contributed by atoms with Gasteiger partial charge in [-0.05, 0) is 109 Å². The van der Waals surface area contributed by atoms with Gasteiger partial charge in [-0.3, -0.25) is 0 Å². The van der Waals surface area contributed by atoms with Crippen molar-refractivity contribution in [3.8, 4) is 22.4 Å². The van der Waals surface area contributed by atoms with Gasteiger partial charge in [0.15, 0.2) is 6.20 Å². The number of aryl methyl sites for hydroxylation is 4. The normalized spacial score (nSPS) is 23.8. The Hall–Kier alpha value is -1.77. The molecule has 0 spiro atoms. The van der Waals surface area contributed by atoms with Gasteiger partial charge in [0.25, 0.3) is 0 Å². The summed E-state index contributed by atoms with van der Waals surface area (Å²) < 4.78 is 2.23. The van der Waals surface area contributed by atoms with Crippen LogP contribution in [-0.4, -0.2) is 0 Å². The number of hydrogen-bond acceptors (Lipinski definition) is 0. The van der Waals surface area contributed by atoms with E-state index >= 15 is 0 Å². The first-order valence-corrected chi connectivity index (χ1v) is 14.8. The minimum Gasteiger partial charge on any atom is -0.358 e. The van der Waals surface area contributed by atoms with Crippen molar-refractivity contribution in [1.82, 2.24) is 0 Å². The summed E-state index contributed by atoms with van der Waals surface area (Å²) >= 11 is 0. The van der Waals surface area contributed by atoms with Gasteiger partial charge >= 0.3 is 19.8 Å². The minimum absolute atomic E-state index is 0. The molecule has 0 aliphatic heterocycles. The molecule has 0 bridgehead atoms. The van der Waals surface area contributed by atoms with E-state index in [0.29, 0.717) is 0 Å². The van der Waals surface area contributed by atoms with Crippen LogP contribution in [0, 0.1) is 65.2 Å². The molecule has 1 nitrogen and oxygen atoms in total. The first kappa shape index (κ1) is 36.3. The van der Waals surface area contributed by atoms with Crippen molar-refractivity contribution in [1.29, 1.82) is 0 Å². The molecule has 0 atom stereocenters. The van der Waals surface area contributed by atoms with E-state index in [0.717, 1.165) is 35.5 Å².